The molecule has 0 aliphatic heterocycles. The fourth-order valence-electron chi connectivity index (χ4n) is 1.19. The molecule has 0 heterocycles. The highest BCUT2D eigenvalue weighted by atomic mass is 16.2. The van der Waals surface area contributed by atoms with Gasteiger partial charge in [-0.2, -0.15) is 0 Å². The van der Waals surface area contributed by atoms with Crippen LogP contribution in [-0.2, 0) is 4.79 Å². The Morgan fingerprint density at radius 1 is 1.41 bits per heavy atom. The molecule has 0 aromatic heterocycles. The molecule has 1 rings (SSSR count). The minimum atomic E-state index is -0.0616. The number of rotatable bonds is 3. The van der Waals surface area contributed by atoms with Crippen molar-refractivity contribution in [2.24, 2.45) is 5.92 Å². The number of aliphatic hydroxyl groups is 1. The summed E-state index contributed by atoms with van der Waals surface area (Å²) in [6.45, 7) is 3.73. The minimum absolute atomic E-state index is 0.0265. The van der Waals surface area contributed by atoms with Crippen LogP contribution in [0, 0.1) is 17.8 Å². The highest BCUT2D eigenvalue weighted by Gasteiger charge is 2.08. The second kappa shape index (κ2) is 6.72. The van der Waals surface area contributed by atoms with Crippen molar-refractivity contribution in [3.05, 3.63) is 29.8 Å². The number of amides is 1. The van der Waals surface area contributed by atoms with Gasteiger partial charge >= 0.3 is 0 Å². The molecule has 90 valence electrons. The molecule has 1 aromatic rings. The average molecular weight is 231 g/mol. The molecule has 0 unspecified atom stereocenters. The summed E-state index contributed by atoms with van der Waals surface area (Å²) in [6.07, 6.45) is 0.437. The normalized spacial score (nSPS) is 9.65. The van der Waals surface area contributed by atoms with Gasteiger partial charge in [-0.15, -0.1) is 0 Å². The molecule has 17 heavy (non-hydrogen) atoms. The van der Waals surface area contributed by atoms with Gasteiger partial charge in [0, 0.05) is 17.9 Å². The Bertz CT molecular complexity index is 441. The summed E-state index contributed by atoms with van der Waals surface area (Å²) < 4.78 is 0. The molecule has 0 aliphatic rings. The van der Waals surface area contributed by atoms with Crippen LogP contribution in [0.1, 0.15) is 25.8 Å². The van der Waals surface area contributed by atoms with E-state index in [2.05, 4.69) is 17.2 Å². The van der Waals surface area contributed by atoms with Gasteiger partial charge in [-0.1, -0.05) is 37.8 Å². The molecule has 0 fully saturated rings. The lowest BCUT2D eigenvalue weighted by Gasteiger charge is -2.09. The quantitative estimate of drug-likeness (QED) is 0.782. The topological polar surface area (TPSA) is 49.3 Å². The van der Waals surface area contributed by atoms with Crippen LogP contribution in [0.2, 0.25) is 0 Å². The molecule has 1 aromatic carbocycles. The first kappa shape index (κ1) is 13.3. The monoisotopic (exact) mass is 231 g/mol. The fourth-order valence-corrected chi connectivity index (χ4v) is 1.19. The second-order valence-electron chi connectivity index (χ2n) is 3.96. The van der Waals surface area contributed by atoms with Gasteiger partial charge in [-0.25, -0.2) is 0 Å². The van der Waals surface area contributed by atoms with E-state index in [-0.39, 0.29) is 18.4 Å². The number of nitrogens with one attached hydrogen (secondary N) is 1. The number of benzene rings is 1. The molecule has 3 nitrogen and oxygen atoms in total. The highest BCUT2D eigenvalue weighted by Crippen LogP contribution is 2.14. The van der Waals surface area contributed by atoms with E-state index in [1.54, 1.807) is 0 Å². The minimum Gasteiger partial charge on any atom is -0.395 e. The van der Waals surface area contributed by atoms with Crippen LogP contribution < -0.4 is 5.32 Å². The van der Waals surface area contributed by atoms with E-state index in [1.165, 1.54) is 0 Å². The third kappa shape index (κ3) is 4.29. The van der Waals surface area contributed by atoms with Crippen molar-refractivity contribution in [3.8, 4) is 11.8 Å². The lowest BCUT2D eigenvalue weighted by molar-refractivity contribution is -0.118. The van der Waals surface area contributed by atoms with Crippen molar-refractivity contribution in [2.45, 2.75) is 20.3 Å². The van der Waals surface area contributed by atoms with Crippen molar-refractivity contribution in [3.63, 3.8) is 0 Å². The average Bonchev–Trinajstić information content (AvgIpc) is 2.31. The predicted octanol–water partition coefficient (Wildman–Crippen LogP) is 2.02. The predicted molar refractivity (Wildman–Crippen MR) is 68.5 cm³/mol. The molecule has 2 N–H and O–H groups in total. The van der Waals surface area contributed by atoms with E-state index in [1.807, 2.05) is 38.1 Å². The highest BCUT2D eigenvalue weighted by molar-refractivity contribution is 5.93. The molecular weight excluding hydrogens is 214 g/mol. The van der Waals surface area contributed by atoms with Crippen molar-refractivity contribution in [2.75, 3.05) is 11.9 Å². The summed E-state index contributed by atoms with van der Waals surface area (Å²) in [5.41, 5.74) is 1.49. The van der Waals surface area contributed by atoms with Gasteiger partial charge in [0.2, 0.25) is 5.91 Å². The number of aliphatic hydroxyl groups excluding tert-OH is 1. The molecule has 0 saturated heterocycles. The Morgan fingerprint density at radius 3 is 2.76 bits per heavy atom. The van der Waals surface area contributed by atoms with Crippen LogP contribution in [-0.4, -0.2) is 17.6 Å². The van der Waals surface area contributed by atoms with Gasteiger partial charge in [-0.3, -0.25) is 4.79 Å². The third-order valence-electron chi connectivity index (χ3n) is 2.17. The SMILES string of the molecule is CC(C)C(=O)Nc1ccccc1C#CCCO. The van der Waals surface area contributed by atoms with Crippen LogP contribution in [0.4, 0.5) is 5.69 Å². The van der Waals surface area contributed by atoms with E-state index in [4.69, 9.17) is 5.11 Å². The maximum atomic E-state index is 11.6. The number of para-hydroxylation sites is 1. The number of carbonyl (C=O) groups is 1. The first-order valence-electron chi connectivity index (χ1n) is 5.64. The Labute approximate surface area is 102 Å². The summed E-state index contributed by atoms with van der Waals surface area (Å²) in [6, 6.07) is 7.39. The van der Waals surface area contributed by atoms with E-state index in [0.29, 0.717) is 6.42 Å². The van der Waals surface area contributed by atoms with Gasteiger partial charge < -0.3 is 10.4 Å². The number of hydrogen-bond acceptors (Lipinski definition) is 2. The van der Waals surface area contributed by atoms with Gasteiger partial charge in [-0.05, 0) is 12.1 Å². The largest absolute Gasteiger partial charge is 0.395 e. The first-order valence-corrected chi connectivity index (χ1v) is 5.64. The van der Waals surface area contributed by atoms with E-state index < -0.39 is 0 Å². The molecular formula is C14H17NO2. The molecule has 0 radical (unpaired) electrons. The van der Waals surface area contributed by atoms with Gasteiger partial charge in [0.05, 0.1) is 12.3 Å². The molecule has 0 bridgehead atoms. The lowest BCUT2D eigenvalue weighted by Crippen LogP contribution is -2.18. The number of hydrogen-bond donors (Lipinski definition) is 2. The summed E-state index contributed by atoms with van der Waals surface area (Å²) in [5, 5.41) is 11.5. The molecule has 0 saturated carbocycles. The third-order valence-corrected chi connectivity index (χ3v) is 2.17. The molecule has 0 atom stereocenters. The van der Waals surface area contributed by atoms with E-state index in [0.717, 1.165) is 11.3 Å². The number of carbonyl (C=O) groups excluding carboxylic acids is 1. The van der Waals surface area contributed by atoms with Crippen LogP contribution >= 0.6 is 0 Å². The van der Waals surface area contributed by atoms with Gasteiger partial charge in [0.1, 0.15) is 0 Å². The Hall–Kier alpha value is -1.79. The van der Waals surface area contributed by atoms with Crippen LogP contribution in [0.25, 0.3) is 0 Å². The first-order chi connectivity index (χ1) is 8.15. The summed E-state index contributed by atoms with van der Waals surface area (Å²) in [5.74, 6) is 5.69. The smallest absolute Gasteiger partial charge is 0.226 e. The second-order valence-corrected chi connectivity index (χ2v) is 3.96. The van der Waals surface area contributed by atoms with Crippen LogP contribution in [0.5, 0.6) is 0 Å². The van der Waals surface area contributed by atoms with Gasteiger partial charge in [0.15, 0.2) is 0 Å². The van der Waals surface area contributed by atoms with Crippen molar-refractivity contribution in [1.29, 1.82) is 0 Å². The summed E-state index contributed by atoms with van der Waals surface area (Å²) in [4.78, 5) is 11.6. The lowest BCUT2D eigenvalue weighted by atomic mass is 10.1. The zero-order valence-electron chi connectivity index (χ0n) is 10.2. The maximum absolute atomic E-state index is 11.6. The van der Waals surface area contributed by atoms with E-state index >= 15 is 0 Å². The zero-order valence-corrected chi connectivity index (χ0v) is 10.2. The molecule has 1 amide bonds. The van der Waals surface area contributed by atoms with Crippen molar-refractivity contribution >= 4 is 11.6 Å². The van der Waals surface area contributed by atoms with Crippen LogP contribution in [0.3, 0.4) is 0 Å². The molecule has 0 aliphatic carbocycles. The zero-order chi connectivity index (χ0) is 12.7. The van der Waals surface area contributed by atoms with Crippen molar-refractivity contribution in [1.82, 2.24) is 0 Å². The Kier molecular flexibility index (Phi) is 5.25. The standard InChI is InChI=1S/C14H17NO2/c1-11(2)14(17)15-13-9-4-3-7-12(13)8-5-6-10-16/h3-4,7,9,11,16H,6,10H2,1-2H3,(H,15,17). The Balaban J connectivity index is 2.86. The maximum Gasteiger partial charge on any atom is 0.226 e. The fraction of sp³-hybridized carbons (Fsp3) is 0.357. The van der Waals surface area contributed by atoms with Crippen molar-refractivity contribution < 1.29 is 9.90 Å². The van der Waals surface area contributed by atoms with Gasteiger partial charge in [0.25, 0.3) is 0 Å². The molecule has 0 spiro atoms. The molecule has 3 heteroatoms. The number of anilines is 1. The Morgan fingerprint density at radius 2 is 2.12 bits per heavy atom. The summed E-state index contributed by atoms with van der Waals surface area (Å²) >= 11 is 0. The van der Waals surface area contributed by atoms with Crippen LogP contribution in [0.15, 0.2) is 24.3 Å². The summed E-state index contributed by atoms with van der Waals surface area (Å²) in [7, 11) is 0. The van der Waals surface area contributed by atoms with E-state index in [9.17, 15) is 4.79 Å².